The van der Waals surface area contributed by atoms with Gasteiger partial charge < -0.3 is 5.32 Å². The molecule has 1 N–H and O–H groups in total. The van der Waals surface area contributed by atoms with Gasteiger partial charge in [-0.25, -0.2) is 8.42 Å². The Morgan fingerprint density at radius 1 is 0.706 bits per heavy atom. The lowest BCUT2D eigenvalue weighted by Crippen LogP contribution is -2.30. The number of aromatic nitrogens is 1. The number of hydrogen-bond acceptors (Lipinski definition) is 4. The van der Waals surface area contributed by atoms with Crippen molar-refractivity contribution in [2.24, 2.45) is 0 Å². The topological polar surface area (TPSA) is 62.3 Å². The van der Waals surface area contributed by atoms with Crippen LogP contribution in [-0.2, 0) is 36.2 Å². The summed E-state index contributed by atoms with van der Waals surface area (Å²) in [5.74, 6) is 0. The Hall–Kier alpha value is -3.32. The maximum absolute atomic E-state index is 13.6. The first kappa shape index (κ1) is 23.8. The van der Waals surface area contributed by atoms with Crippen LogP contribution in [0.1, 0.15) is 27.9 Å². The van der Waals surface area contributed by atoms with Crippen LogP contribution < -0.4 is 5.32 Å². The van der Waals surface area contributed by atoms with Crippen molar-refractivity contribution in [2.75, 3.05) is 0 Å². The number of rotatable bonds is 10. The molecule has 3 aromatic carbocycles. The summed E-state index contributed by atoms with van der Waals surface area (Å²) < 4.78 is 28.7. The molecule has 0 spiro atoms. The zero-order chi connectivity index (χ0) is 23.8. The van der Waals surface area contributed by atoms with Gasteiger partial charge in [0.15, 0.2) is 0 Å². The van der Waals surface area contributed by atoms with Crippen molar-refractivity contribution < 1.29 is 8.42 Å². The maximum atomic E-state index is 13.6. The molecule has 0 saturated carbocycles. The van der Waals surface area contributed by atoms with Gasteiger partial charge in [-0.05, 0) is 47.4 Å². The van der Waals surface area contributed by atoms with Gasteiger partial charge in [-0.2, -0.15) is 4.31 Å². The van der Waals surface area contributed by atoms with E-state index in [2.05, 4.69) is 10.3 Å². The van der Waals surface area contributed by atoms with Gasteiger partial charge in [0.2, 0.25) is 10.0 Å². The smallest absolute Gasteiger partial charge is 0.243 e. The molecule has 0 fully saturated rings. The summed E-state index contributed by atoms with van der Waals surface area (Å²) in [6.07, 6.45) is 1.79. The number of aryl methyl sites for hydroxylation is 1. The van der Waals surface area contributed by atoms with Crippen molar-refractivity contribution in [2.45, 2.75) is 38.0 Å². The molecule has 1 aromatic heterocycles. The van der Waals surface area contributed by atoms with Crippen molar-refractivity contribution in [3.8, 4) is 0 Å². The first-order valence-electron chi connectivity index (χ1n) is 11.3. The lowest BCUT2D eigenvalue weighted by molar-refractivity contribution is 0.401. The minimum Gasteiger partial charge on any atom is -0.307 e. The number of benzene rings is 3. The zero-order valence-electron chi connectivity index (χ0n) is 19.3. The van der Waals surface area contributed by atoms with Crippen molar-refractivity contribution in [3.05, 3.63) is 131 Å². The molecule has 4 aromatic rings. The number of nitrogens with zero attached hydrogens (tertiary/aromatic N) is 2. The molecule has 0 aliphatic heterocycles. The highest BCUT2D eigenvalue weighted by Crippen LogP contribution is 2.22. The molecule has 0 amide bonds. The highest BCUT2D eigenvalue weighted by Gasteiger charge is 2.25. The summed E-state index contributed by atoms with van der Waals surface area (Å²) in [5, 5.41) is 3.38. The molecule has 1 heterocycles. The summed E-state index contributed by atoms with van der Waals surface area (Å²) in [6, 6.07) is 30.5. The van der Waals surface area contributed by atoms with Gasteiger partial charge >= 0.3 is 0 Å². The number of sulfonamides is 1. The minimum atomic E-state index is -3.68. The molecular weight excluding hydrogens is 442 g/mol. The summed E-state index contributed by atoms with van der Waals surface area (Å²) in [7, 11) is -3.68. The van der Waals surface area contributed by atoms with Crippen LogP contribution in [0.3, 0.4) is 0 Å². The first-order valence-corrected chi connectivity index (χ1v) is 12.7. The van der Waals surface area contributed by atoms with Crippen LogP contribution in [0.4, 0.5) is 0 Å². The normalized spacial score (nSPS) is 11.6. The van der Waals surface area contributed by atoms with E-state index in [0.29, 0.717) is 31.1 Å². The van der Waals surface area contributed by atoms with Crippen LogP contribution in [0.15, 0.2) is 108 Å². The molecule has 6 heteroatoms. The molecule has 0 aliphatic rings. The molecule has 34 heavy (non-hydrogen) atoms. The maximum Gasteiger partial charge on any atom is 0.243 e. The van der Waals surface area contributed by atoms with Crippen LogP contribution in [0, 0.1) is 6.92 Å². The van der Waals surface area contributed by atoms with Crippen molar-refractivity contribution in [1.82, 2.24) is 14.6 Å². The second kappa shape index (κ2) is 11.2. The average molecular weight is 472 g/mol. The number of hydrogen-bond donors (Lipinski definition) is 1. The quantitative estimate of drug-likeness (QED) is 0.351. The Morgan fingerprint density at radius 2 is 1.29 bits per heavy atom. The van der Waals surface area contributed by atoms with Crippen molar-refractivity contribution in [1.29, 1.82) is 0 Å². The largest absolute Gasteiger partial charge is 0.307 e. The van der Waals surface area contributed by atoms with E-state index in [1.807, 2.05) is 91.9 Å². The minimum absolute atomic E-state index is 0.295. The fraction of sp³-hybridized carbons (Fsp3) is 0.179. The SMILES string of the molecule is Cc1cccnc1CNCc1ccc(S(=O)(=O)N(Cc2ccccc2)Cc2ccccc2)cc1. The van der Waals surface area contributed by atoms with Gasteiger partial charge in [0, 0.05) is 32.4 Å². The fourth-order valence-electron chi connectivity index (χ4n) is 3.76. The van der Waals surface area contributed by atoms with Gasteiger partial charge in [-0.3, -0.25) is 4.98 Å². The average Bonchev–Trinajstić information content (AvgIpc) is 2.86. The monoisotopic (exact) mass is 471 g/mol. The van der Waals surface area contributed by atoms with Gasteiger partial charge in [0.05, 0.1) is 10.6 Å². The highest BCUT2D eigenvalue weighted by molar-refractivity contribution is 7.89. The molecule has 0 aliphatic carbocycles. The van der Waals surface area contributed by atoms with Crippen LogP contribution in [-0.4, -0.2) is 17.7 Å². The van der Waals surface area contributed by atoms with Crippen LogP contribution in [0.2, 0.25) is 0 Å². The summed E-state index contributed by atoms with van der Waals surface area (Å²) >= 11 is 0. The standard InChI is InChI=1S/C28H29N3O2S/c1-23-9-8-18-30-28(23)20-29-19-24-14-16-27(17-15-24)34(32,33)31(21-25-10-4-2-5-11-25)22-26-12-6-3-7-13-26/h2-18,29H,19-22H2,1H3. The van der Waals surface area contributed by atoms with Gasteiger partial charge in [0.25, 0.3) is 0 Å². The van der Waals surface area contributed by atoms with Crippen LogP contribution in [0.5, 0.6) is 0 Å². The Labute approximate surface area is 202 Å². The van der Waals surface area contributed by atoms with Crippen LogP contribution >= 0.6 is 0 Å². The molecule has 174 valence electrons. The molecular formula is C28H29N3O2S. The third-order valence-electron chi connectivity index (χ3n) is 5.70. The Morgan fingerprint density at radius 3 is 1.85 bits per heavy atom. The van der Waals surface area contributed by atoms with E-state index in [1.54, 1.807) is 18.3 Å². The second-order valence-electron chi connectivity index (χ2n) is 8.26. The van der Waals surface area contributed by atoms with E-state index >= 15 is 0 Å². The lowest BCUT2D eigenvalue weighted by atomic mass is 10.2. The van der Waals surface area contributed by atoms with E-state index in [9.17, 15) is 8.42 Å². The van der Waals surface area contributed by atoms with Gasteiger partial charge in [-0.1, -0.05) is 78.9 Å². The molecule has 0 radical (unpaired) electrons. The predicted octanol–water partition coefficient (Wildman–Crippen LogP) is 5.07. The Balaban J connectivity index is 1.48. The van der Waals surface area contributed by atoms with Gasteiger partial charge in [-0.15, -0.1) is 0 Å². The summed E-state index contributed by atoms with van der Waals surface area (Å²) in [5.41, 5.74) is 5.08. The highest BCUT2D eigenvalue weighted by atomic mass is 32.2. The van der Waals surface area contributed by atoms with E-state index < -0.39 is 10.0 Å². The molecule has 0 bridgehead atoms. The van der Waals surface area contributed by atoms with Crippen molar-refractivity contribution >= 4 is 10.0 Å². The third kappa shape index (κ3) is 6.17. The zero-order valence-corrected chi connectivity index (χ0v) is 20.1. The summed E-state index contributed by atoms with van der Waals surface area (Å²) in [4.78, 5) is 4.69. The number of nitrogens with one attached hydrogen (secondary N) is 1. The molecule has 5 nitrogen and oxygen atoms in total. The molecule has 4 rings (SSSR count). The Bertz CT molecular complexity index is 1250. The van der Waals surface area contributed by atoms with E-state index in [-0.39, 0.29) is 0 Å². The summed E-state index contributed by atoms with van der Waals surface area (Å²) in [6.45, 7) is 3.96. The van der Waals surface area contributed by atoms with E-state index in [4.69, 9.17) is 0 Å². The molecule has 0 saturated heterocycles. The molecule has 0 atom stereocenters. The van der Waals surface area contributed by atoms with Crippen LogP contribution in [0.25, 0.3) is 0 Å². The fourth-order valence-corrected chi connectivity index (χ4v) is 5.17. The van der Waals surface area contributed by atoms with E-state index in [1.165, 1.54) is 4.31 Å². The molecule has 0 unspecified atom stereocenters. The lowest BCUT2D eigenvalue weighted by Gasteiger charge is -2.23. The Kier molecular flexibility index (Phi) is 7.85. The predicted molar refractivity (Wildman–Crippen MR) is 135 cm³/mol. The number of pyridine rings is 1. The van der Waals surface area contributed by atoms with Crippen molar-refractivity contribution in [3.63, 3.8) is 0 Å². The van der Waals surface area contributed by atoms with E-state index in [0.717, 1.165) is 27.9 Å². The third-order valence-corrected chi connectivity index (χ3v) is 7.51. The second-order valence-corrected chi connectivity index (χ2v) is 10.2. The first-order chi connectivity index (χ1) is 16.5. The van der Waals surface area contributed by atoms with Gasteiger partial charge in [0.1, 0.15) is 0 Å².